The Morgan fingerprint density at radius 1 is 1.23 bits per heavy atom. The minimum atomic E-state index is -0.323. The topological polar surface area (TPSA) is 71.8 Å². The highest BCUT2D eigenvalue weighted by molar-refractivity contribution is 9.10. The summed E-state index contributed by atoms with van der Waals surface area (Å²) < 4.78 is 17.3. The summed E-state index contributed by atoms with van der Waals surface area (Å²) >= 11 is 15.5. The van der Waals surface area contributed by atoms with Crippen molar-refractivity contribution < 1.29 is 19.0 Å². The van der Waals surface area contributed by atoms with Gasteiger partial charge in [-0.2, -0.15) is 5.26 Å². The van der Waals surface area contributed by atoms with E-state index in [1.54, 1.807) is 29.2 Å². The molecule has 1 amide bonds. The largest absolute Gasteiger partial charge is 0.493 e. The fourth-order valence-electron chi connectivity index (χ4n) is 2.96. The molecule has 2 aromatic carbocycles. The summed E-state index contributed by atoms with van der Waals surface area (Å²) in [5.41, 5.74) is 1.51. The van der Waals surface area contributed by atoms with Crippen LogP contribution in [0.3, 0.4) is 0 Å². The van der Waals surface area contributed by atoms with Gasteiger partial charge in [-0.15, -0.1) is 0 Å². The van der Waals surface area contributed by atoms with E-state index in [2.05, 4.69) is 15.9 Å². The van der Waals surface area contributed by atoms with E-state index in [-0.39, 0.29) is 18.1 Å². The molecule has 6 nitrogen and oxygen atoms in total. The van der Waals surface area contributed by atoms with Gasteiger partial charge in [-0.05, 0) is 41.5 Å². The molecule has 31 heavy (non-hydrogen) atoms. The van der Waals surface area contributed by atoms with E-state index >= 15 is 0 Å². The van der Waals surface area contributed by atoms with Gasteiger partial charge in [0.25, 0.3) is 5.91 Å². The lowest BCUT2D eigenvalue weighted by Gasteiger charge is -2.26. The van der Waals surface area contributed by atoms with E-state index < -0.39 is 0 Å². The maximum atomic E-state index is 12.7. The molecule has 0 saturated carbocycles. The second kappa shape index (κ2) is 10.9. The molecule has 0 atom stereocenters. The van der Waals surface area contributed by atoms with Crippen molar-refractivity contribution in [3.63, 3.8) is 0 Å². The molecule has 0 aromatic heterocycles. The number of carbonyl (C=O) groups is 1. The highest BCUT2D eigenvalue weighted by Gasteiger charge is 2.21. The summed E-state index contributed by atoms with van der Waals surface area (Å²) in [6.45, 7) is 2.11. The zero-order chi connectivity index (χ0) is 22.4. The highest BCUT2D eigenvalue weighted by Crippen LogP contribution is 2.35. The summed E-state index contributed by atoms with van der Waals surface area (Å²) in [7, 11) is 1.52. The smallest absolute Gasteiger partial charge is 0.264 e. The fourth-order valence-corrected chi connectivity index (χ4v) is 3.72. The van der Waals surface area contributed by atoms with Gasteiger partial charge in [-0.25, -0.2) is 0 Å². The third-order valence-electron chi connectivity index (χ3n) is 4.61. The lowest BCUT2D eigenvalue weighted by molar-refractivity contribution is -0.130. The number of nitriles is 1. The average molecular weight is 526 g/mol. The van der Waals surface area contributed by atoms with Crippen LogP contribution >= 0.6 is 39.1 Å². The molecule has 1 heterocycles. The van der Waals surface area contributed by atoms with Gasteiger partial charge < -0.3 is 19.1 Å². The lowest BCUT2D eigenvalue weighted by Crippen LogP contribution is -2.41. The van der Waals surface area contributed by atoms with Gasteiger partial charge >= 0.3 is 0 Å². The van der Waals surface area contributed by atoms with Gasteiger partial charge in [0.05, 0.1) is 30.4 Å². The molecular formula is C22H19BrCl2N2O4. The summed E-state index contributed by atoms with van der Waals surface area (Å²) in [6, 6.07) is 10.7. The van der Waals surface area contributed by atoms with Crippen LogP contribution in [0.2, 0.25) is 10.0 Å². The molecule has 0 aliphatic carbocycles. The number of methoxy groups -OCH3 is 1. The van der Waals surface area contributed by atoms with Crippen LogP contribution in [-0.4, -0.2) is 44.2 Å². The fraction of sp³-hybridized carbons (Fsp3) is 0.273. The molecule has 1 fully saturated rings. The van der Waals surface area contributed by atoms with Crippen LogP contribution in [0, 0.1) is 11.3 Å². The van der Waals surface area contributed by atoms with Crippen molar-refractivity contribution in [3.05, 3.63) is 61.5 Å². The Hall–Kier alpha value is -2.24. The summed E-state index contributed by atoms with van der Waals surface area (Å²) in [6.07, 6.45) is 1.53. The van der Waals surface area contributed by atoms with Gasteiger partial charge in [0.15, 0.2) is 11.5 Å². The maximum Gasteiger partial charge on any atom is 0.264 e. The van der Waals surface area contributed by atoms with Gasteiger partial charge in [0, 0.05) is 17.6 Å². The van der Waals surface area contributed by atoms with Gasteiger partial charge in [0.1, 0.15) is 18.2 Å². The molecule has 1 aliphatic heterocycles. The number of hydrogen-bond donors (Lipinski definition) is 0. The maximum absolute atomic E-state index is 12.7. The number of benzene rings is 2. The third-order valence-corrected chi connectivity index (χ3v) is 6.04. The first-order chi connectivity index (χ1) is 14.9. The number of halogens is 3. The average Bonchev–Trinajstić information content (AvgIpc) is 2.79. The Balaban J connectivity index is 1.82. The minimum Gasteiger partial charge on any atom is -0.493 e. The van der Waals surface area contributed by atoms with E-state index in [1.807, 2.05) is 12.1 Å². The Bertz CT molecular complexity index is 1050. The highest BCUT2D eigenvalue weighted by atomic mass is 79.9. The van der Waals surface area contributed by atoms with E-state index in [0.29, 0.717) is 57.9 Å². The molecule has 9 heteroatoms. The standard InChI is InChI=1S/C22H19BrCl2N2O4/c1-29-20-10-15(9-16(12-26)22(28)27-4-6-30-7-5-27)17(23)11-21(20)31-13-14-2-3-18(24)19(25)8-14/h2-3,8-11H,4-7,13H2,1H3/b16-9-. The number of nitrogens with zero attached hydrogens (tertiary/aromatic N) is 2. The Morgan fingerprint density at radius 2 is 1.97 bits per heavy atom. The molecule has 162 valence electrons. The first kappa shape index (κ1) is 23.4. The summed E-state index contributed by atoms with van der Waals surface area (Å²) in [4.78, 5) is 14.3. The van der Waals surface area contributed by atoms with E-state index in [9.17, 15) is 10.1 Å². The first-order valence-electron chi connectivity index (χ1n) is 9.36. The predicted molar refractivity (Wildman–Crippen MR) is 122 cm³/mol. The summed E-state index contributed by atoms with van der Waals surface area (Å²) in [5.74, 6) is 0.637. The van der Waals surface area contributed by atoms with Crippen molar-refractivity contribution >= 4 is 51.1 Å². The van der Waals surface area contributed by atoms with Crippen molar-refractivity contribution in [2.45, 2.75) is 6.61 Å². The molecular weight excluding hydrogens is 507 g/mol. The normalized spacial score (nSPS) is 14.2. The molecule has 1 saturated heterocycles. The zero-order valence-corrected chi connectivity index (χ0v) is 19.8. The molecule has 0 radical (unpaired) electrons. The molecule has 0 unspecified atom stereocenters. The van der Waals surface area contributed by atoms with Crippen molar-refractivity contribution in [1.82, 2.24) is 4.90 Å². The quantitative estimate of drug-likeness (QED) is 0.387. The number of amides is 1. The number of carbonyl (C=O) groups excluding carboxylic acids is 1. The number of rotatable bonds is 6. The lowest BCUT2D eigenvalue weighted by atomic mass is 10.1. The van der Waals surface area contributed by atoms with Crippen molar-refractivity contribution in [3.8, 4) is 17.6 Å². The van der Waals surface area contributed by atoms with E-state index in [0.717, 1.165) is 5.56 Å². The summed E-state index contributed by atoms with van der Waals surface area (Å²) in [5, 5.41) is 10.4. The molecule has 3 rings (SSSR count). The molecule has 0 spiro atoms. The van der Waals surface area contributed by atoms with Crippen molar-refractivity contribution in [1.29, 1.82) is 5.26 Å². The molecule has 0 bridgehead atoms. The number of morpholine rings is 1. The van der Waals surface area contributed by atoms with Crippen LogP contribution in [-0.2, 0) is 16.1 Å². The van der Waals surface area contributed by atoms with Gasteiger partial charge in [-0.1, -0.05) is 45.2 Å². The van der Waals surface area contributed by atoms with Crippen LogP contribution in [0.15, 0.2) is 40.4 Å². The monoisotopic (exact) mass is 524 g/mol. The third kappa shape index (κ3) is 5.92. The van der Waals surface area contributed by atoms with Crippen LogP contribution in [0.1, 0.15) is 11.1 Å². The Morgan fingerprint density at radius 3 is 2.61 bits per heavy atom. The van der Waals surface area contributed by atoms with Gasteiger partial charge in [0.2, 0.25) is 0 Å². The van der Waals surface area contributed by atoms with E-state index in [4.69, 9.17) is 37.4 Å². The van der Waals surface area contributed by atoms with Crippen molar-refractivity contribution in [2.75, 3.05) is 33.4 Å². The molecule has 2 aromatic rings. The van der Waals surface area contributed by atoms with Crippen LogP contribution in [0.5, 0.6) is 11.5 Å². The van der Waals surface area contributed by atoms with Crippen LogP contribution in [0.25, 0.3) is 6.08 Å². The van der Waals surface area contributed by atoms with Crippen LogP contribution < -0.4 is 9.47 Å². The Kier molecular flexibility index (Phi) is 8.22. The second-order valence-corrected chi connectivity index (χ2v) is 8.30. The molecule has 0 N–H and O–H groups in total. The zero-order valence-electron chi connectivity index (χ0n) is 16.7. The molecule has 1 aliphatic rings. The number of hydrogen-bond acceptors (Lipinski definition) is 5. The van der Waals surface area contributed by atoms with Gasteiger partial charge in [-0.3, -0.25) is 4.79 Å². The second-order valence-electron chi connectivity index (χ2n) is 6.64. The van der Waals surface area contributed by atoms with E-state index in [1.165, 1.54) is 13.2 Å². The first-order valence-corrected chi connectivity index (χ1v) is 10.9. The van der Waals surface area contributed by atoms with Crippen molar-refractivity contribution in [2.24, 2.45) is 0 Å². The van der Waals surface area contributed by atoms with Crippen LogP contribution in [0.4, 0.5) is 0 Å². The Labute approximate surface area is 199 Å². The minimum absolute atomic E-state index is 0.0362. The number of ether oxygens (including phenoxy) is 3. The SMILES string of the molecule is COc1cc(/C=C(/C#N)C(=O)N2CCOCC2)c(Br)cc1OCc1ccc(Cl)c(Cl)c1. The predicted octanol–water partition coefficient (Wildman–Crippen LogP) is 5.11.